The number of carbonyl (C=O) groups excluding carboxylic acids is 1. The molecule has 0 spiro atoms. The van der Waals surface area contributed by atoms with Gasteiger partial charge in [0.15, 0.2) is 5.69 Å². The van der Waals surface area contributed by atoms with Gasteiger partial charge in [0.25, 0.3) is 0 Å². The van der Waals surface area contributed by atoms with Crippen molar-refractivity contribution in [3.63, 3.8) is 0 Å². The van der Waals surface area contributed by atoms with Crippen LogP contribution >= 0.6 is 23.2 Å². The van der Waals surface area contributed by atoms with Crippen LogP contribution in [0, 0.1) is 6.92 Å². The number of aromatic nitrogens is 2. The van der Waals surface area contributed by atoms with Crippen LogP contribution in [0.25, 0.3) is 0 Å². The van der Waals surface area contributed by atoms with E-state index >= 15 is 0 Å². The lowest BCUT2D eigenvalue weighted by Crippen LogP contribution is -2.17. The fourth-order valence-corrected chi connectivity index (χ4v) is 4.01. The Kier molecular flexibility index (Phi) is 5.98. The van der Waals surface area contributed by atoms with Crippen LogP contribution in [0.4, 0.5) is 0 Å². The van der Waals surface area contributed by atoms with E-state index < -0.39 is 21.0 Å². The monoisotopic (exact) mass is 436 g/mol. The van der Waals surface area contributed by atoms with E-state index in [1.165, 1.54) is 6.07 Å². The number of aryl methyl sites for hydroxylation is 1. The predicted octanol–water partition coefficient (Wildman–Crippen LogP) is 4.28. The van der Waals surface area contributed by atoms with Crippen LogP contribution in [-0.2, 0) is 15.6 Å². The molecule has 1 aromatic heterocycles. The highest BCUT2D eigenvalue weighted by Gasteiger charge is 2.24. The Morgan fingerprint density at radius 3 is 2.43 bits per heavy atom. The molecule has 3 aromatic rings. The summed E-state index contributed by atoms with van der Waals surface area (Å²) in [7, 11) is -3.90. The molecule has 2 aromatic carbocycles. The highest BCUT2D eigenvalue weighted by Crippen LogP contribution is 2.25. The molecule has 28 heavy (non-hydrogen) atoms. The Morgan fingerprint density at radius 2 is 1.71 bits per heavy atom. The van der Waals surface area contributed by atoms with Crippen molar-refractivity contribution in [2.24, 2.45) is 0 Å². The lowest BCUT2D eigenvalue weighted by atomic mass is 10.1. The van der Waals surface area contributed by atoms with Gasteiger partial charge >= 0.3 is 5.97 Å². The van der Waals surface area contributed by atoms with Gasteiger partial charge in [-0.1, -0.05) is 59.6 Å². The molecule has 0 aliphatic rings. The zero-order valence-electron chi connectivity index (χ0n) is 14.6. The van der Waals surface area contributed by atoms with Crippen LogP contribution in [0.1, 0.15) is 21.6 Å². The summed E-state index contributed by atoms with van der Waals surface area (Å²) in [5.74, 6) is -1.14. The second kappa shape index (κ2) is 8.26. The van der Waals surface area contributed by atoms with Crippen LogP contribution in [0.3, 0.4) is 0 Å². The summed E-state index contributed by atoms with van der Waals surface area (Å²) in [5, 5.41) is -0.424. The van der Waals surface area contributed by atoms with E-state index in [9.17, 15) is 13.2 Å². The molecule has 0 N–H and O–H groups in total. The van der Waals surface area contributed by atoms with Crippen molar-refractivity contribution in [3.05, 3.63) is 81.6 Å². The first-order valence-electron chi connectivity index (χ1n) is 8.04. The molecular weight excluding hydrogens is 423 g/mol. The molecule has 0 fully saturated rings. The molecule has 0 bridgehead atoms. The van der Waals surface area contributed by atoms with Gasteiger partial charge in [-0.05, 0) is 30.2 Å². The summed E-state index contributed by atoms with van der Waals surface area (Å²) in [6.07, 6.45) is 1.06. The van der Waals surface area contributed by atoms with Gasteiger partial charge in [0.1, 0.15) is 5.75 Å². The van der Waals surface area contributed by atoms with Gasteiger partial charge in [-0.2, -0.15) is 0 Å². The van der Waals surface area contributed by atoms with Gasteiger partial charge in [-0.3, -0.25) is 0 Å². The second-order valence-corrected chi connectivity index (χ2v) is 8.55. The quantitative estimate of drug-likeness (QED) is 0.336. The first-order valence-corrected chi connectivity index (χ1v) is 10.5. The zero-order chi connectivity index (χ0) is 20.3. The molecule has 0 aliphatic carbocycles. The third-order valence-electron chi connectivity index (χ3n) is 3.84. The molecule has 0 saturated heterocycles. The van der Waals surface area contributed by atoms with E-state index in [2.05, 4.69) is 9.97 Å². The molecule has 0 amide bonds. The third-order valence-corrected chi connectivity index (χ3v) is 5.87. The number of carbonyl (C=O) groups is 1. The van der Waals surface area contributed by atoms with Crippen molar-refractivity contribution >= 4 is 39.0 Å². The molecule has 0 aliphatic heterocycles. The molecule has 3 rings (SSSR count). The maximum Gasteiger partial charge on any atom is 0.364 e. The summed E-state index contributed by atoms with van der Waals surface area (Å²) in [5.41, 5.74) is 1.07. The van der Waals surface area contributed by atoms with Crippen LogP contribution in [0.5, 0.6) is 5.75 Å². The predicted molar refractivity (Wildman–Crippen MR) is 106 cm³/mol. The smallest absolute Gasteiger partial charge is 0.364 e. The molecule has 0 radical (unpaired) electrons. The average molecular weight is 437 g/mol. The highest BCUT2D eigenvalue weighted by molar-refractivity contribution is 7.90. The van der Waals surface area contributed by atoms with E-state index in [4.69, 9.17) is 27.9 Å². The maximum absolute atomic E-state index is 12.7. The Bertz CT molecular complexity index is 1150. The summed E-state index contributed by atoms with van der Waals surface area (Å²) in [6.45, 7) is 1.81. The fourth-order valence-electron chi connectivity index (χ4n) is 2.36. The molecule has 0 unspecified atom stereocenters. The third kappa shape index (κ3) is 4.49. The minimum Gasteiger partial charge on any atom is -0.420 e. The van der Waals surface area contributed by atoms with Crippen LogP contribution in [-0.4, -0.2) is 24.4 Å². The molecule has 9 heteroatoms. The van der Waals surface area contributed by atoms with Gasteiger partial charge < -0.3 is 4.74 Å². The van der Waals surface area contributed by atoms with Crippen molar-refractivity contribution in [1.29, 1.82) is 0 Å². The second-order valence-electron chi connectivity index (χ2n) is 5.85. The van der Waals surface area contributed by atoms with Gasteiger partial charge in [0.2, 0.25) is 15.0 Å². The number of ether oxygens (including phenoxy) is 1. The number of hydrogen-bond donors (Lipinski definition) is 0. The molecule has 144 valence electrons. The number of esters is 1. The number of nitrogens with zero attached hydrogens (tertiary/aromatic N) is 2. The van der Waals surface area contributed by atoms with Crippen molar-refractivity contribution in [2.45, 2.75) is 17.8 Å². The van der Waals surface area contributed by atoms with Crippen molar-refractivity contribution in [3.8, 4) is 5.75 Å². The summed E-state index contributed by atoms with van der Waals surface area (Å²) < 4.78 is 30.6. The van der Waals surface area contributed by atoms with Gasteiger partial charge in [0, 0.05) is 0 Å². The van der Waals surface area contributed by atoms with Crippen molar-refractivity contribution in [2.75, 3.05) is 0 Å². The first kappa shape index (κ1) is 20.3. The van der Waals surface area contributed by atoms with E-state index in [0.717, 1.165) is 11.8 Å². The number of sulfone groups is 1. The standard InChI is InChI=1S/C19H14Cl2N2O4S/c1-12-6-2-3-7-13(12)11-28(25,26)19-22-10-15(21)17(23-19)18(24)27-16-9-5-4-8-14(16)20/h2-10H,11H2,1H3. The average Bonchev–Trinajstić information content (AvgIpc) is 2.65. The highest BCUT2D eigenvalue weighted by atomic mass is 35.5. The molecule has 0 atom stereocenters. The van der Waals surface area contributed by atoms with Crippen LogP contribution in [0.15, 0.2) is 59.9 Å². The van der Waals surface area contributed by atoms with Crippen molar-refractivity contribution < 1.29 is 17.9 Å². The maximum atomic E-state index is 12.7. The number of para-hydroxylation sites is 1. The topological polar surface area (TPSA) is 86.2 Å². The minimum absolute atomic E-state index is 0.105. The van der Waals surface area contributed by atoms with E-state index in [0.29, 0.717) is 5.56 Å². The molecule has 1 heterocycles. The van der Waals surface area contributed by atoms with Gasteiger partial charge in [0.05, 0.1) is 22.0 Å². The lowest BCUT2D eigenvalue weighted by molar-refractivity contribution is 0.0727. The Morgan fingerprint density at radius 1 is 1.04 bits per heavy atom. The van der Waals surface area contributed by atoms with Gasteiger partial charge in [-0.25, -0.2) is 23.2 Å². The minimum atomic E-state index is -3.90. The summed E-state index contributed by atoms with van der Waals surface area (Å²) >= 11 is 11.9. The summed E-state index contributed by atoms with van der Waals surface area (Å²) in [6, 6.07) is 13.4. The van der Waals surface area contributed by atoms with Crippen molar-refractivity contribution in [1.82, 2.24) is 9.97 Å². The van der Waals surface area contributed by atoms with Crippen LogP contribution < -0.4 is 4.74 Å². The number of hydrogen-bond acceptors (Lipinski definition) is 6. The Hall–Kier alpha value is -2.48. The van der Waals surface area contributed by atoms with E-state index in [1.807, 2.05) is 6.07 Å². The van der Waals surface area contributed by atoms with Gasteiger partial charge in [-0.15, -0.1) is 0 Å². The zero-order valence-corrected chi connectivity index (χ0v) is 16.9. The number of rotatable bonds is 5. The number of halogens is 2. The van der Waals surface area contributed by atoms with E-state index in [-0.39, 0.29) is 27.2 Å². The molecule has 6 nitrogen and oxygen atoms in total. The molecule has 0 saturated carbocycles. The Balaban J connectivity index is 1.91. The normalized spacial score (nSPS) is 11.2. The first-order chi connectivity index (χ1) is 13.3. The van der Waals surface area contributed by atoms with Crippen LogP contribution in [0.2, 0.25) is 10.0 Å². The lowest BCUT2D eigenvalue weighted by Gasteiger charge is -2.09. The fraction of sp³-hybridized carbons (Fsp3) is 0.105. The van der Waals surface area contributed by atoms with E-state index in [1.54, 1.807) is 43.3 Å². The summed E-state index contributed by atoms with van der Waals surface area (Å²) in [4.78, 5) is 20.1. The Labute approximate surface area is 172 Å². The largest absolute Gasteiger partial charge is 0.420 e. The number of benzene rings is 2. The molecular formula is C19H14Cl2N2O4S. The SMILES string of the molecule is Cc1ccccc1CS(=O)(=O)c1ncc(Cl)c(C(=O)Oc2ccccc2Cl)n1.